The Labute approximate surface area is 107 Å². The molecule has 0 unspecified atom stereocenters. The van der Waals surface area contributed by atoms with Crippen LogP contribution < -0.4 is 5.32 Å². The molecule has 0 fully saturated rings. The van der Waals surface area contributed by atoms with E-state index in [1.54, 1.807) is 0 Å². The molecule has 0 heterocycles. The van der Waals surface area contributed by atoms with Crippen molar-refractivity contribution in [3.63, 3.8) is 0 Å². The van der Waals surface area contributed by atoms with E-state index in [0.717, 1.165) is 12.0 Å². The molecule has 1 aromatic carbocycles. The lowest BCUT2D eigenvalue weighted by atomic mass is 10.1. The quantitative estimate of drug-likeness (QED) is 0.815. The van der Waals surface area contributed by atoms with Crippen LogP contribution in [0.3, 0.4) is 0 Å². The molecule has 1 aromatic rings. The van der Waals surface area contributed by atoms with Crippen molar-refractivity contribution in [2.75, 3.05) is 12.9 Å². The van der Waals surface area contributed by atoms with Crippen LogP contribution in [-0.2, 0) is 4.79 Å². The Balaban J connectivity index is 2.68. The fraction of sp³-hybridized carbons (Fsp3) is 0.462. The number of benzene rings is 1. The highest BCUT2D eigenvalue weighted by Gasteiger charge is 2.19. The van der Waals surface area contributed by atoms with Crippen LogP contribution in [-0.4, -0.2) is 29.1 Å². The number of carbonyl (C=O) groups is 1. The largest absolute Gasteiger partial charge is 0.394 e. The van der Waals surface area contributed by atoms with Crippen molar-refractivity contribution in [2.45, 2.75) is 24.6 Å². The summed E-state index contributed by atoms with van der Waals surface area (Å²) in [5, 5.41) is 12.2. The SMILES string of the molecule is CC[C@@H](SC)C(=O)N[C@@H](CO)c1ccccc1. The normalized spacial score (nSPS) is 14.1. The van der Waals surface area contributed by atoms with Gasteiger partial charge in [0.2, 0.25) is 5.91 Å². The van der Waals surface area contributed by atoms with E-state index in [9.17, 15) is 9.90 Å². The first-order chi connectivity index (χ1) is 8.22. The predicted molar refractivity (Wildman–Crippen MR) is 72.0 cm³/mol. The molecule has 0 spiro atoms. The maximum Gasteiger partial charge on any atom is 0.233 e. The molecular formula is C13H19NO2S. The van der Waals surface area contributed by atoms with Crippen molar-refractivity contribution in [2.24, 2.45) is 0 Å². The van der Waals surface area contributed by atoms with Gasteiger partial charge in [-0.15, -0.1) is 0 Å². The summed E-state index contributed by atoms with van der Waals surface area (Å²) in [6, 6.07) is 9.20. The summed E-state index contributed by atoms with van der Waals surface area (Å²) >= 11 is 1.53. The van der Waals surface area contributed by atoms with E-state index in [-0.39, 0.29) is 23.8 Å². The van der Waals surface area contributed by atoms with E-state index in [2.05, 4.69) is 5.32 Å². The second kappa shape index (κ2) is 7.35. The monoisotopic (exact) mass is 253 g/mol. The van der Waals surface area contributed by atoms with E-state index in [1.807, 2.05) is 43.5 Å². The molecule has 0 saturated carbocycles. The van der Waals surface area contributed by atoms with Gasteiger partial charge in [0.15, 0.2) is 0 Å². The summed E-state index contributed by atoms with van der Waals surface area (Å²) in [4.78, 5) is 11.9. The van der Waals surface area contributed by atoms with Gasteiger partial charge in [0.05, 0.1) is 17.9 Å². The Morgan fingerprint density at radius 2 is 2.06 bits per heavy atom. The first-order valence-electron chi connectivity index (χ1n) is 5.71. The molecule has 0 bridgehead atoms. The third kappa shape index (κ3) is 4.06. The Kier molecular flexibility index (Phi) is 6.08. The first-order valence-corrected chi connectivity index (χ1v) is 7.00. The summed E-state index contributed by atoms with van der Waals surface area (Å²) in [6.45, 7) is 1.90. The average Bonchev–Trinajstić information content (AvgIpc) is 2.38. The summed E-state index contributed by atoms with van der Waals surface area (Å²) in [5.41, 5.74) is 0.930. The molecule has 0 aliphatic carbocycles. The molecule has 3 nitrogen and oxygen atoms in total. The zero-order valence-corrected chi connectivity index (χ0v) is 11.0. The van der Waals surface area contributed by atoms with Crippen LogP contribution in [0.1, 0.15) is 24.9 Å². The molecule has 1 rings (SSSR count). The summed E-state index contributed by atoms with van der Waals surface area (Å²) in [6.07, 6.45) is 2.71. The van der Waals surface area contributed by atoms with E-state index < -0.39 is 0 Å². The third-order valence-electron chi connectivity index (χ3n) is 2.65. The number of carbonyl (C=O) groups excluding carboxylic acids is 1. The lowest BCUT2D eigenvalue weighted by molar-refractivity contribution is -0.121. The van der Waals surface area contributed by atoms with Crippen LogP contribution in [0.4, 0.5) is 0 Å². The second-order valence-corrected chi connectivity index (χ2v) is 4.83. The molecule has 2 N–H and O–H groups in total. The zero-order valence-electron chi connectivity index (χ0n) is 10.2. The number of rotatable bonds is 6. The Morgan fingerprint density at radius 1 is 1.41 bits per heavy atom. The van der Waals surface area contributed by atoms with Gasteiger partial charge in [0.25, 0.3) is 0 Å². The van der Waals surface area contributed by atoms with Crippen LogP contribution in [0.2, 0.25) is 0 Å². The molecule has 17 heavy (non-hydrogen) atoms. The van der Waals surface area contributed by atoms with Gasteiger partial charge in [0, 0.05) is 0 Å². The molecular weight excluding hydrogens is 234 g/mol. The standard InChI is InChI=1S/C13H19NO2S/c1-3-12(17-2)13(16)14-11(9-15)10-7-5-4-6-8-10/h4-8,11-12,15H,3,9H2,1-2H3,(H,14,16)/t11-,12+/m0/s1. The van der Waals surface area contributed by atoms with Crippen LogP contribution >= 0.6 is 11.8 Å². The molecule has 0 aromatic heterocycles. The minimum atomic E-state index is -0.315. The highest BCUT2D eigenvalue weighted by molar-refractivity contribution is 7.99. The van der Waals surface area contributed by atoms with Crippen molar-refractivity contribution >= 4 is 17.7 Å². The zero-order chi connectivity index (χ0) is 12.7. The third-order valence-corrected chi connectivity index (χ3v) is 3.77. The maximum absolute atomic E-state index is 11.9. The molecule has 2 atom stereocenters. The van der Waals surface area contributed by atoms with Crippen LogP contribution in [0.5, 0.6) is 0 Å². The molecule has 0 saturated heterocycles. The number of hydrogen-bond donors (Lipinski definition) is 2. The number of hydrogen-bond acceptors (Lipinski definition) is 3. The molecule has 0 aliphatic rings. The van der Waals surface area contributed by atoms with E-state index in [0.29, 0.717) is 0 Å². The fourth-order valence-electron chi connectivity index (χ4n) is 1.64. The predicted octanol–water partition coefficient (Wildman–Crippen LogP) is 1.98. The van der Waals surface area contributed by atoms with Crippen LogP contribution in [0.25, 0.3) is 0 Å². The Hall–Kier alpha value is -1.00. The highest BCUT2D eigenvalue weighted by Crippen LogP contribution is 2.15. The van der Waals surface area contributed by atoms with E-state index in [4.69, 9.17) is 0 Å². The number of aliphatic hydroxyl groups excluding tert-OH is 1. The topological polar surface area (TPSA) is 49.3 Å². The van der Waals surface area contributed by atoms with Crippen molar-refractivity contribution in [1.29, 1.82) is 0 Å². The van der Waals surface area contributed by atoms with E-state index in [1.165, 1.54) is 11.8 Å². The van der Waals surface area contributed by atoms with Gasteiger partial charge in [-0.2, -0.15) is 11.8 Å². The lowest BCUT2D eigenvalue weighted by Crippen LogP contribution is -2.36. The summed E-state index contributed by atoms with van der Waals surface area (Å²) in [5.74, 6) is -0.0112. The van der Waals surface area contributed by atoms with Gasteiger partial charge in [0.1, 0.15) is 0 Å². The number of thioether (sulfide) groups is 1. The van der Waals surface area contributed by atoms with Crippen molar-refractivity contribution in [1.82, 2.24) is 5.32 Å². The Bertz CT molecular complexity index is 339. The number of amides is 1. The second-order valence-electron chi connectivity index (χ2n) is 3.79. The van der Waals surface area contributed by atoms with Crippen LogP contribution in [0.15, 0.2) is 30.3 Å². The first kappa shape index (κ1) is 14.1. The average molecular weight is 253 g/mol. The molecule has 94 valence electrons. The van der Waals surface area contributed by atoms with Gasteiger partial charge in [-0.1, -0.05) is 37.3 Å². The number of nitrogens with one attached hydrogen (secondary N) is 1. The van der Waals surface area contributed by atoms with Gasteiger partial charge < -0.3 is 10.4 Å². The molecule has 0 radical (unpaired) electrons. The summed E-state index contributed by atoms with van der Waals surface area (Å²) in [7, 11) is 0. The van der Waals surface area contributed by atoms with Gasteiger partial charge in [-0.05, 0) is 18.2 Å². The number of aliphatic hydroxyl groups is 1. The van der Waals surface area contributed by atoms with Gasteiger partial charge in [-0.25, -0.2) is 0 Å². The Morgan fingerprint density at radius 3 is 2.53 bits per heavy atom. The maximum atomic E-state index is 11.9. The fourth-order valence-corrected chi connectivity index (χ4v) is 2.26. The lowest BCUT2D eigenvalue weighted by Gasteiger charge is -2.20. The summed E-state index contributed by atoms with van der Waals surface area (Å²) < 4.78 is 0. The molecule has 1 amide bonds. The van der Waals surface area contributed by atoms with Gasteiger partial charge >= 0.3 is 0 Å². The van der Waals surface area contributed by atoms with E-state index >= 15 is 0 Å². The molecule has 4 heteroatoms. The minimum absolute atomic E-state index is 0.0112. The van der Waals surface area contributed by atoms with Crippen molar-refractivity contribution < 1.29 is 9.90 Å². The smallest absolute Gasteiger partial charge is 0.233 e. The van der Waals surface area contributed by atoms with Crippen LogP contribution in [0, 0.1) is 0 Å². The van der Waals surface area contributed by atoms with Gasteiger partial charge in [-0.3, -0.25) is 4.79 Å². The van der Waals surface area contributed by atoms with Crippen molar-refractivity contribution in [3.05, 3.63) is 35.9 Å². The molecule has 0 aliphatic heterocycles. The van der Waals surface area contributed by atoms with Crippen molar-refractivity contribution in [3.8, 4) is 0 Å². The highest BCUT2D eigenvalue weighted by atomic mass is 32.2. The minimum Gasteiger partial charge on any atom is -0.394 e.